The van der Waals surface area contributed by atoms with Crippen LogP contribution in [0.25, 0.3) is 0 Å². The predicted molar refractivity (Wildman–Crippen MR) is 81.4 cm³/mol. The number of hydrazine groups is 1. The first-order valence-corrected chi connectivity index (χ1v) is 7.12. The SMILES string of the molecule is COc1ccc(NCC(=O)NNC(=O)c2ccsc2)cc1. The Morgan fingerprint density at radius 3 is 2.52 bits per heavy atom. The molecule has 1 aromatic carbocycles. The van der Waals surface area contributed by atoms with E-state index in [1.807, 2.05) is 0 Å². The number of hydrogen-bond donors (Lipinski definition) is 3. The fourth-order valence-electron chi connectivity index (χ4n) is 1.53. The van der Waals surface area contributed by atoms with Crippen molar-refractivity contribution in [1.82, 2.24) is 10.9 Å². The lowest BCUT2D eigenvalue weighted by Crippen LogP contribution is -2.44. The molecule has 0 aliphatic rings. The first kappa shape index (κ1) is 14.9. The highest BCUT2D eigenvalue weighted by atomic mass is 32.1. The highest BCUT2D eigenvalue weighted by Gasteiger charge is 2.07. The number of anilines is 1. The summed E-state index contributed by atoms with van der Waals surface area (Å²) in [4.78, 5) is 23.2. The molecule has 2 aromatic rings. The third-order valence-electron chi connectivity index (χ3n) is 2.64. The number of benzene rings is 1. The number of methoxy groups -OCH3 is 1. The maximum absolute atomic E-state index is 11.6. The maximum Gasteiger partial charge on any atom is 0.270 e. The van der Waals surface area contributed by atoms with Gasteiger partial charge in [0.05, 0.1) is 19.2 Å². The lowest BCUT2D eigenvalue weighted by Gasteiger charge is -2.09. The van der Waals surface area contributed by atoms with Gasteiger partial charge in [0.25, 0.3) is 11.8 Å². The molecular weight excluding hydrogens is 290 g/mol. The summed E-state index contributed by atoms with van der Waals surface area (Å²) in [5.74, 6) is 0.0662. The Morgan fingerprint density at radius 1 is 1.14 bits per heavy atom. The molecule has 1 aromatic heterocycles. The summed E-state index contributed by atoms with van der Waals surface area (Å²) in [6.07, 6.45) is 0. The molecule has 110 valence electrons. The van der Waals surface area contributed by atoms with E-state index in [9.17, 15) is 9.59 Å². The van der Waals surface area contributed by atoms with Gasteiger partial charge in [-0.3, -0.25) is 20.4 Å². The van der Waals surface area contributed by atoms with Crippen LogP contribution in [0.1, 0.15) is 10.4 Å². The molecule has 0 fully saturated rings. The van der Waals surface area contributed by atoms with Crippen molar-refractivity contribution in [3.8, 4) is 5.75 Å². The molecular formula is C14H15N3O3S. The van der Waals surface area contributed by atoms with Crippen molar-refractivity contribution >= 4 is 28.8 Å². The summed E-state index contributed by atoms with van der Waals surface area (Å²) < 4.78 is 5.04. The first-order valence-electron chi connectivity index (χ1n) is 6.18. The van der Waals surface area contributed by atoms with Crippen LogP contribution in [-0.2, 0) is 4.79 Å². The fourth-order valence-corrected chi connectivity index (χ4v) is 2.16. The van der Waals surface area contributed by atoms with Crippen LogP contribution in [0.5, 0.6) is 5.75 Å². The van der Waals surface area contributed by atoms with E-state index in [4.69, 9.17) is 4.74 Å². The second kappa shape index (κ2) is 7.30. The number of amides is 2. The Balaban J connectivity index is 1.73. The van der Waals surface area contributed by atoms with Crippen LogP contribution < -0.4 is 20.9 Å². The number of ether oxygens (including phenoxy) is 1. The zero-order chi connectivity index (χ0) is 15.1. The van der Waals surface area contributed by atoms with E-state index in [0.29, 0.717) is 5.56 Å². The van der Waals surface area contributed by atoms with Crippen LogP contribution in [0.15, 0.2) is 41.1 Å². The van der Waals surface area contributed by atoms with Crippen molar-refractivity contribution in [1.29, 1.82) is 0 Å². The normalized spacial score (nSPS) is 9.76. The minimum atomic E-state index is -0.339. The largest absolute Gasteiger partial charge is 0.497 e. The van der Waals surface area contributed by atoms with Gasteiger partial charge in [-0.25, -0.2) is 0 Å². The molecule has 0 saturated carbocycles. The number of rotatable bonds is 5. The monoisotopic (exact) mass is 305 g/mol. The molecule has 6 nitrogen and oxygen atoms in total. The number of hydrogen-bond acceptors (Lipinski definition) is 5. The molecule has 0 radical (unpaired) electrons. The van der Waals surface area contributed by atoms with E-state index in [2.05, 4.69) is 16.2 Å². The summed E-state index contributed by atoms with van der Waals surface area (Å²) >= 11 is 1.42. The van der Waals surface area contributed by atoms with Gasteiger partial charge < -0.3 is 10.1 Å². The van der Waals surface area contributed by atoms with Crippen molar-refractivity contribution in [3.05, 3.63) is 46.7 Å². The fraction of sp³-hybridized carbons (Fsp3) is 0.143. The summed E-state index contributed by atoms with van der Waals surface area (Å²) in [7, 11) is 1.59. The van der Waals surface area contributed by atoms with Crippen LogP contribution >= 0.6 is 11.3 Å². The van der Waals surface area contributed by atoms with E-state index in [1.54, 1.807) is 48.2 Å². The van der Waals surface area contributed by atoms with Crippen molar-refractivity contribution in [3.63, 3.8) is 0 Å². The average Bonchev–Trinajstić information content (AvgIpc) is 3.05. The number of nitrogens with one attached hydrogen (secondary N) is 3. The molecule has 1 heterocycles. The molecule has 0 saturated heterocycles. The van der Waals surface area contributed by atoms with Gasteiger partial charge in [-0.05, 0) is 35.7 Å². The van der Waals surface area contributed by atoms with Gasteiger partial charge >= 0.3 is 0 Å². The first-order chi connectivity index (χ1) is 10.2. The Kier molecular flexibility index (Phi) is 5.16. The molecule has 2 amide bonds. The van der Waals surface area contributed by atoms with E-state index < -0.39 is 0 Å². The number of carbonyl (C=O) groups excluding carboxylic acids is 2. The van der Waals surface area contributed by atoms with Crippen LogP contribution in [0, 0.1) is 0 Å². The van der Waals surface area contributed by atoms with Crippen LogP contribution in [0.3, 0.4) is 0 Å². The lowest BCUT2D eigenvalue weighted by molar-refractivity contribution is -0.120. The molecule has 0 bridgehead atoms. The van der Waals surface area contributed by atoms with Crippen molar-refractivity contribution < 1.29 is 14.3 Å². The molecule has 7 heteroatoms. The Labute approximate surface area is 126 Å². The van der Waals surface area contributed by atoms with Crippen molar-refractivity contribution in [2.75, 3.05) is 19.0 Å². The smallest absolute Gasteiger partial charge is 0.270 e. The summed E-state index contributed by atoms with van der Waals surface area (Å²) in [6, 6.07) is 8.87. The van der Waals surface area contributed by atoms with Gasteiger partial charge in [-0.15, -0.1) is 0 Å². The second-order valence-corrected chi connectivity index (χ2v) is 4.88. The summed E-state index contributed by atoms with van der Waals surface area (Å²) in [5.41, 5.74) is 5.99. The Hall–Kier alpha value is -2.54. The number of thiophene rings is 1. The van der Waals surface area contributed by atoms with Gasteiger partial charge in [0.1, 0.15) is 5.75 Å². The zero-order valence-electron chi connectivity index (χ0n) is 11.4. The topological polar surface area (TPSA) is 79.5 Å². The third kappa shape index (κ3) is 4.50. The molecule has 0 aliphatic carbocycles. The van der Waals surface area contributed by atoms with Gasteiger partial charge in [-0.1, -0.05) is 0 Å². The van der Waals surface area contributed by atoms with E-state index >= 15 is 0 Å². The van der Waals surface area contributed by atoms with Crippen molar-refractivity contribution in [2.45, 2.75) is 0 Å². The molecule has 0 atom stereocenters. The summed E-state index contributed by atoms with van der Waals surface area (Å²) in [6.45, 7) is 0.0518. The van der Waals surface area contributed by atoms with Crippen LogP contribution in [-0.4, -0.2) is 25.5 Å². The quantitative estimate of drug-likeness (QED) is 0.734. The van der Waals surface area contributed by atoms with Gasteiger partial charge in [0.15, 0.2) is 0 Å². The molecule has 2 rings (SSSR count). The van der Waals surface area contributed by atoms with Crippen LogP contribution in [0.4, 0.5) is 5.69 Å². The average molecular weight is 305 g/mol. The van der Waals surface area contributed by atoms with E-state index in [0.717, 1.165) is 11.4 Å². The summed E-state index contributed by atoms with van der Waals surface area (Å²) in [5, 5.41) is 6.44. The standard InChI is InChI=1S/C14H15N3O3S/c1-20-12-4-2-11(3-5-12)15-8-13(18)16-17-14(19)10-6-7-21-9-10/h2-7,9,15H,8H2,1H3,(H,16,18)(H,17,19). The van der Waals surface area contributed by atoms with Crippen LogP contribution in [0.2, 0.25) is 0 Å². The Morgan fingerprint density at radius 2 is 1.90 bits per heavy atom. The molecule has 0 spiro atoms. The third-order valence-corrected chi connectivity index (χ3v) is 3.33. The highest BCUT2D eigenvalue weighted by Crippen LogP contribution is 2.14. The lowest BCUT2D eigenvalue weighted by atomic mass is 10.3. The van der Waals surface area contributed by atoms with E-state index in [1.165, 1.54) is 11.3 Å². The van der Waals surface area contributed by atoms with E-state index in [-0.39, 0.29) is 18.4 Å². The highest BCUT2D eigenvalue weighted by molar-refractivity contribution is 7.08. The predicted octanol–water partition coefficient (Wildman–Crippen LogP) is 1.63. The molecule has 21 heavy (non-hydrogen) atoms. The molecule has 0 unspecified atom stereocenters. The second-order valence-electron chi connectivity index (χ2n) is 4.10. The van der Waals surface area contributed by atoms with Crippen molar-refractivity contribution in [2.24, 2.45) is 0 Å². The molecule has 3 N–H and O–H groups in total. The zero-order valence-corrected chi connectivity index (χ0v) is 12.2. The van der Waals surface area contributed by atoms with Gasteiger partial charge in [0.2, 0.25) is 0 Å². The minimum Gasteiger partial charge on any atom is -0.497 e. The minimum absolute atomic E-state index is 0.0518. The Bertz CT molecular complexity index is 596. The molecule has 0 aliphatic heterocycles. The maximum atomic E-state index is 11.6. The number of carbonyl (C=O) groups is 2. The van der Waals surface area contributed by atoms with Gasteiger partial charge in [0, 0.05) is 11.1 Å². The van der Waals surface area contributed by atoms with Gasteiger partial charge in [-0.2, -0.15) is 11.3 Å².